The molecule has 0 amide bonds. The van der Waals surface area contributed by atoms with Gasteiger partial charge in [0.1, 0.15) is 5.65 Å². The van der Waals surface area contributed by atoms with Crippen LogP contribution in [-0.2, 0) is 6.42 Å². The molecule has 2 heteroatoms. The van der Waals surface area contributed by atoms with E-state index in [2.05, 4.69) is 22.6 Å². The maximum absolute atomic E-state index is 4.19. The van der Waals surface area contributed by atoms with Gasteiger partial charge in [-0.2, -0.15) is 0 Å². The van der Waals surface area contributed by atoms with Gasteiger partial charge in [0.2, 0.25) is 0 Å². The Hall–Kier alpha value is -1.57. The molecule has 2 aromatic rings. The highest BCUT2D eigenvalue weighted by atomic mass is 14.8. The van der Waals surface area contributed by atoms with Crippen LogP contribution in [0.3, 0.4) is 0 Å². The Kier molecular flexibility index (Phi) is 1.67. The van der Waals surface area contributed by atoms with Gasteiger partial charge in [-0.1, -0.05) is 6.08 Å². The van der Waals surface area contributed by atoms with Crippen molar-refractivity contribution in [3.8, 4) is 0 Å². The normalized spacial score (nSPS) is 10.3. The lowest BCUT2D eigenvalue weighted by molar-refractivity contribution is 1.16. The standard InChI is InChI=1S/C10H10N2/c1-2-4-9-7-8-5-3-6-11-10(8)12-9/h2-3,5-7H,1,4H2,(H,11,12). The van der Waals surface area contributed by atoms with Gasteiger partial charge in [0.15, 0.2) is 0 Å². The quantitative estimate of drug-likeness (QED) is 0.667. The van der Waals surface area contributed by atoms with E-state index in [1.807, 2.05) is 18.2 Å². The fourth-order valence-corrected chi connectivity index (χ4v) is 1.28. The Morgan fingerprint density at radius 2 is 2.50 bits per heavy atom. The molecule has 1 N–H and O–H groups in total. The molecular weight excluding hydrogens is 148 g/mol. The first-order valence-electron chi connectivity index (χ1n) is 3.93. The molecule has 0 aromatic carbocycles. The van der Waals surface area contributed by atoms with Gasteiger partial charge >= 0.3 is 0 Å². The van der Waals surface area contributed by atoms with Gasteiger partial charge in [-0.25, -0.2) is 4.98 Å². The molecule has 0 aliphatic carbocycles. The summed E-state index contributed by atoms with van der Waals surface area (Å²) in [5.74, 6) is 0. The summed E-state index contributed by atoms with van der Waals surface area (Å²) in [5.41, 5.74) is 2.12. The molecule has 0 aliphatic heterocycles. The van der Waals surface area contributed by atoms with Crippen molar-refractivity contribution in [1.82, 2.24) is 9.97 Å². The van der Waals surface area contributed by atoms with Crippen molar-refractivity contribution in [1.29, 1.82) is 0 Å². The van der Waals surface area contributed by atoms with Crippen LogP contribution in [-0.4, -0.2) is 9.97 Å². The maximum Gasteiger partial charge on any atom is 0.137 e. The summed E-state index contributed by atoms with van der Waals surface area (Å²) < 4.78 is 0. The molecule has 0 saturated heterocycles. The minimum absolute atomic E-state index is 0.871. The first-order chi connectivity index (χ1) is 5.90. The smallest absolute Gasteiger partial charge is 0.137 e. The van der Waals surface area contributed by atoms with Gasteiger partial charge in [0.25, 0.3) is 0 Å². The van der Waals surface area contributed by atoms with Gasteiger partial charge in [0.05, 0.1) is 0 Å². The molecule has 2 rings (SSSR count). The van der Waals surface area contributed by atoms with Crippen LogP contribution in [0.25, 0.3) is 11.0 Å². The molecule has 0 fully saturated rings. The third kappa shape index (κ3) is 1.11. The predicted molar refractivity (Wildman–Crippen MR) is 50.0 cm³/mol. The van der Waals surface area contributed by atoms with Crippen LogP contribution >= 0.6 is 0 Å². The van der Waals surface area contributed by atoms with Crippen molar-refractivity contribution in [2.75, 3.05) is 0 Å². The van der Waals surface area contributed by atoms with Crippen molar-refractivity contribution < 1.29 is 0 Å². The molecule has 2 aromatic heterocycles. The van der Waals surface area contributed by atoms with Gasteiger partial charge in [-0.3, -0.25) is 0 Å². The number of aromatic amines is 1. The lowest BCUT2D eigenvalue weighted by Crippen LogP contribution is -1.78. The number of hydrogen-bond acceptors (Lipinski definition) is 1. The van der Waals surface area contributed by atoms with Crippen LogP contribution in [0.4, 0.5) is 0 Å². The molecular formula is C10H10N2. The van der Waals surface area contributed by atoms with Crippen molar-refractivity contribution in [3.63, 3.8) is 0 Å². The molecule has 0 unspecified atom stereocenters. The second-order valence-electron chi connectivity index (χ2n) is 2.73. The zero-order chi connectivity index (χ0) is 8.39. The Balaban J connectivity index is 2.54. The fourth-order valence-electron chi connectivity index (χ4n) is 1.28. The summed E-state index contributed by atoms with van der Waals surface area (Å²) >= 11 is 0. The van der Waals surface area contributed by atoms with Crippen molar-refractivity contribution >= 4 is 11.0 Å². The number of aromatic nitrogens is 2. The lowest BCUT2D eigenvalue weighted by atomic mass is 10.3. The SMILES string of the molecule is C=CCc1cc2cccnc2[nH]1. The van der Waals surface area contributed by atoms with E-state index in [0.29, 0.717) is 0 Å². The minimum Gasteiger partial charge on any atom is -0.343 e. The summed E-state index contributed by atoms with van der Waals surface area (Å²) in [6, 6.07) is 6.09. The van der Waals surface area contributed by atoms with Gasteiger partial charge in [-0.15, -0.1) is 6.58 Å². The van der Waals surface area contributed by atoms with E-state index in [9.17, 15) is 0 Å². The highest BCUT2D eigenvalue weighted by Crippen LogP contribution is 2.12. The average Bonchev–Trinajstić information content (AvgIpc) is 2.47. The van der Waals surface area contributed by atoms with E-state index in [4.69, 9.17) is 0 Å². The Bertz CT molecular complexity index is 368. The highest BCUT2D eigenvalue weighted by molar-refractivity contribution is 5.76. The average molecular weight is 158 g/mol. The minimum atomic E-state index is 0.871. The molecule has 0 saturated carbocycles. The number of pyridine rings is 1. The number of nitrogens with zero attached hydrogens (tertiary/aromatic N) is 1. The Morgan fingerprint density at radius 3 is 3.25 bits per heavy atom. The molecule has 60 valence electrons. The summed E-state index contributed by atoms with van der Waals surface area (Å²) in [7, 11) is 0. The molecule has 0 spiro atoms. The first kappa shape index (κ1) is 7.10. The summed E-state index contributed by atoms with van der Waals surface area (Å²) in [6.45, 7) is 3.69. The number of allylic oxidation sites excluding steroid dienone is 1. The second kappa shape index (κ2) is 2.81. The monoisotopic (exact) mass is 158 g/mol. The number of fused-ring (bicyclic) bond motifs is 1. The Morgan fingerprint density at radius 1 is 1.58 bits per heavy atom. The molecule has 0 bridgehead atoms. The second-order valence-corrected chi connectivity index (χ2v) is 2.73. The van der Waals surface area contributed by atoms with E-state index in [1.165, 1.54) is 5.69 Å². The third-order valence-electron chi connectivity index (χ3n) is 1.81. The van der Waals surface area contributed by atoms with Crippen LogP contribution in [0.2, 0.25) is 0 Å². The van der Waals surface area contributed by atoms with Gasteiger partial charge in [0, 0.05) is 23.7 Å². The van der Waals surface area contributed by atoms with Crippen LogP contribution in [0, 0.1) is 0 Å². The summed E-state index contributed by atoms with van der Waals surface area (Å²) in [4.78, 5) is 7.41. The largest absolute Gasteiger partial charge is 0.343 e. The molecule has 0 radical (unpaired) electrons. The van der Waals surface area contributed by atoms with Crippen molar-refractivity contribution in [2.24, 2.45) is 0 Å². The van der Waals surface area contributed by atoms with Crippen molar-refractivity contribution in [3.05, 3.63) is 42.7 Å². The summed E-state index contributed by atoms with van der Waals surface area (Å²) in [5, 5.41) is 1.16. The van der Waals surface area contributed by atoms with E-state index in [1.54, 1.807) is 6.20 Å². The van der Waals surface area contributed by atoms with Gasteiger partial charge < -0.3 is 4.98 Å². The molecule has 2 nitrogen and oxygen atoms in total. The zero-order valence-corrected chi connectivity index (χ0v) is 6.75. The van der Waals surface area contributed by atoms with Gasteiger partial charge in [-0.05, 0) is 18.2 Å². The summed E-state index contributed by atoms with van der Waals surface area (Å²) in [6.07, 6.45) is 4.54. The molecule has 2 heterocycles. The number of nitrogens with one attached hydrogen (secondary N) is 1. The molecule has 12 heavy (non-hydrogen) atoms. The fraction of sp³-hybridized carbons (Fsp3) is 0.100. The Labute approximate surface area is 70.9 Å². The molecule has 0 atom stereocenters. The third-order valence-corrected chi connectivity index (χ3v) is 1.81. The van der Waals surface area contributed by atoms with Crippen molar-refractivity contribution in [2.45, 2.75) is 6.42 Å². The zero-order valence-electron chi connectivity index (χ0n) is 6.75. The predicted octanol–water partition coefficient (Wildman–Crippen LogP) is 2.29. The number of hydrogen-bond donors (Lipinski definition) is 1. The van der Waals surface area contributed by atoms with Crippen LogP contribution in [0.15, 0.2) is 37.1 Å². The number of rotatable bonds is 2. The van der Waals surface area contributed by atoms with Crippen LogP contribution < -0.4 is 0 Å². The molecule has 0 aliphatic rings. The first-order valence-corrected chi connectivity index (χ1v) is 3.93. The number of H-pyrrole nitrogens is 1. The maximum atomic E-state index is 4.19. The lowest BCUT2D eigenvalue weighted by Gasteiger charge is -1.85. The topological polar surface area (TPSA) is 28.7 Å². The van der Waals surface area contributed by atoms with Crippen LogP contribution in [0.5, 0.6) is 0 Å². The van der Waals surface area contributed by atoms with E-state index in [-0.39, 0.29) is 0 Å². The van der Waals surface area contributed by atoms with E-state index in [0.717, 1.165) is 17.5 Å². The van der Waals surface area contributed by atoms with E-state index >= 15 is 0 Å². The highest BCUT2D eigenvalue weighted by Gasteiger charge is 1.97. The van der Waals surface area contributed by atoms with Crippen LogP contribution in [0.1, 0.15) is 5.69 Å². The van der Waals surface area contributed by atoms with E-state index < -0.39 is 0 Å².